The molecule has 0 bridgehead atoms. The van der Waals surface area contributed by atoms with E-state index in [4.69, 9.17) is 17.3 Å². The number of carbonyl (C=O) groups excluding carboxylic acids is 1. The van der Waals surface area contributed by atoms with E-state index in [1.54, 1.807) is 6.07 Å². The number of nitrogens with zero attached hydrogens (tertiary/aromatic N) is 1. The van der Waals surface area contributed by atoms with Crippen LogP contribution in [0.4, 0.5) is 24.5 Å². The van der Waals surface area contributed by atoms with Gasteiger partial charge >= 0.3 is 6.18 Å². The maximum absolute atomic E-state index is 12.5. The predicted octanol–water partition coefficient (Wildman–Crippen LogP) is 2.89. The van der Waals surface area contributed by atoms with Gasteiger partial charge in [0.25, 0.3) is 0 Å². The Morgan fingerprint density at radius 2 is 2.10 bits per heavy atom. The smallest absolute Gasteiger partial charge is 0.397 e. The van der Waals surface area contributed by atoms with Gasteiger partial charge in [0.1, 0.15) is 0 Å². The summed E-state index contributed by atoms with van der Waals surface area (Å²) < 4.78 is 37.4. The SMILES string of the molecule is Nc1ccc(Cl)cc1NC(=O)CN(CC(F)(F)F)C1CC1. The van der Waals surface area contributed by atoms with Crippen LogP contribution in [-0.2, 0) is 4.79 Å². The molecule has 1 amide bonds. The number of nitrogens with two attached hydrogens (primary N) is 1. The van der Waals surface area contributed by atoms with Gasteiger partial charge in [-0.2, -0.15) is 13.2 Å². The van der Waals surface area contributed by atoms with Gasteiger partial charge in [-0.25, -0.2) is 0 Å². The average molecular weight is 322 g/mol. The highest BCUT2D eigenvalue weighted by Crippen LogP contribution is 2.30. The molecule has 1 aliphatic rings. The Kier molecular flexibility index (Phi) is 4.63. The van der Waals surface area contributed by atoms with Gasteiger partial charge in [0.05, 0.1) is 24.5 Å². The van der Waals surface area contributed by atoms with Crippen LogP contribution in [0.1, 0.15) is 12.8 Å². The second-order valence-electron chi connectivity index (χ2n) is 5.03. The van der Waals surface area contributed by atoms with E-state index in [0.29, 0.717) is 29.2 Å². The molecular formula is C13H15ClF3N3O. The van der Waals surface area contributed by atoms with E-state index in [-0.39, 0.29) is 12.6 Å². The van der Waals surface area contributed by atoms with Gasteiger partial charge < -0.3 is 11.1 Å². The molecule has 0 heterocycles. The summed E-state index contributed by atoms with van der Waals surface area (Å²) >= 11 is 5.79. The summed E-state index contributed by atoms with van der Waals surface area (Å²) in [6.07, 6.45) is -2.96. The van der Waals surface area contributed by atoms with Crippen LogP contribution in [0, 0.1) is 0 Å². The first-order chi connectivity index (χ1) is 9.74. The third-order valence-corrected chi connectivity index (χ3v) is 3.32. The molecule has 0 radical (unpaired) electrons. The van der Waals surface area contributed by atoms with E-state index in [9.17, 15) is 18.0 Å². The second kappa shape index (κ2) is 6.11. The molecule has 0 unspecified atom stereocenters. The van der Waals surface area contributed by atoms with Gasteiger partial charge in [0, 0.05) is 11.1 Å². The van der Waals surface area contributed by atoms with Gasteiger partial charge in [0.2, 0.25) is 5.91 Å². The molecule has 8 heteroatoms. The molecule has 1 saturated carbocycles. The third kappa shape index (κ3) is 5.09. The van der Waals surface area contributed by atoms with Crippen molar-refractivity contribution in [1.29, 1.82) is 0 Å². The number of alkyl halides is 3. The minimum Gasteiger partial charge on any atom is -0.397 e. The van der Waals surface area contributed by atoms with Crippen molar-refractivity contribution in [3.63, 3.8) is 0 Å². The summed E-state index contributed by atoms with van der Waals surface area (Å²) in [5.74, 6) is -0.542. The first-order valence-corrected chi connectivity index (χ1v) is 6.78. The van der Waals surface area contributed by atoms with Crippen molar-refractivity contribution in [3.05, 3.63) is 23.2 Å². The van der Waals surface area contributed by atoms with Crippen LogP contribution in [0.25, 0.3) is 0 Å². The van der Waals surface area contributed by atoms with Crippen LogP contribution in [-0.4, -0.2) is 36.1 Å². The van der Waals surface area contributed by atoms with Gasteiger partial charge in [0.15, 0.2) is 0 Å². The van der Waals surface area contributed by atoms with Crippen molar-refractivity contribution < 1.29 is 18.0 Å². The lowest BCUT2D eigenvalue weighted by Gasteiger charge is -2.22. The molecule has 0 saturated heterocycles. The first kappa shape index (κ1) is 15.9. The minimum absolute atomic E-state index is 0.172. The number of carbonyl (C=O) groups is 1. The Balaban J connectivity index is 1.97. The highest BCUT2D eigenvalue weighted by Gasteiger charge is 2.38. The van der Waals surface area contributed by atoms with E-state index < -0.39 is 18.6 Å². The molecule has 1 aromatic carbocycles. The summed E-state index contributed by atoms with van der Waals surface area (Å²) in [6.45, 7) is -1.41. The molecule has 1 aromatic rings. The predicted molar refractivity (Wildman–Crippen MR) is 75.1 cm³/mol. The first-order valence-electron chi connectivity index (χ1n) is 6.40. The van der Waals surface area contributed by atoms with Gasteiger partial charge in [-0.05, 0) is 31.0 Å². The molecule has 2 rings (SSSR count). The van der Waals surface area contributed by atoms with Crippen LogP contribution >= 0.6 is 11.6 Å². The lowest BCUT2D eigenvalue weighted by atomic mass is 10.2. The summed E-state index contributed by atoms with van der Waals surface area (Å²) in [6, 6.07) is 4.37. The van der Waals surface area contributed by atoms with Crippen LogP contribution in [0.15, 0.2) is 18.2 Å². The molecular weight excluding hydrogens is 307 g/mol. The zero-order chi connectivity index (χ0) is 15.6. The number of amides is 1. The fourth-order valence-corrected chi connectivity index (χ4v) is 2.17. The topological polar surface area (TPSA) is 58.4 Å². The maximum Gasteiger partial charge on any atom is 0.401 e. The molecule has 21 heavy (non-hydrogen) atoms. The molecule has 0 aliphatic heterocycles. The quantitative estimate of drug-likeness (QED) is 0.820. The number of benzene rings is 1. The molecule has 1 aliphatic carbocycles. The number of halogens is 4. The van der Waals surface area contributed by atoms with E-state index in [0.717, 1.165) is 4.90 Å². The number of rotatable bonds is 5. The van der Waals surface area contributed by atoms with Crippen LogP contribution in [0.2, 0.25) is 5.02 Å². The van der Waals surface area contributed by atoms with E-state index in [1.807, 2.05) is 0 Å². The Bertz CT molecular complexity index is 532. The number of nitrogens with one attached hydrogen (secondary N) is 1. The van der Waals surface area contributed by atoms with Crippen LogP contribution in [0.3, 0.4) is 0 Å². The van der Waals surface area contributed by atoms with Crippen molar-refractivity contribution in [3.8, 4) is 0 Å². The fourth-order valence-electron chi connectivity index (χ4n) is 2.00. The Labute approximate surface area is 125 Å². The fraction of sp³-hybridized carbons (Fsp3) is 0.462. The molecule has 3 N–H and O–H groups in total. The summed E-state index contributed by atoms with van der Waals surface area (Å²) in [7, 11) is 0. The van der Waals surface area contributed by atoms with Crippen LogP contribution in [0.5, 0.6) is 0 Å². The Morgan fingerprint density at radius 1 is 1.43 bits per heavy atom. The Hall–Kier alpha value is -1.47. The third-order valence-electron chi connectivity index (χ3n) is 3.08. The number of nitrogen functional groups attached to an aromatic ring is 1. The zero-order valence-corrected chi connectivity index (χ0v) is 11.8. The molecule has 0 aromatic heterocycles. The van der Waals surface area contributed by atoms with Crippen molar-refractivity contribution in [2.24, 2.45) is 0 Å². The van der Waals surface area contributed by atoms with Crippen molar-refractivity contribution in [1.82, 2.24) is 4.90 Å². The second-order valence-corrected chi connectivity index (χ2v) is 5.47. The molecule has 0 spiro atoms. The van der Waals surface area contributed by atoms with Gasteiger partial charge in [-0.3, -0.25) is 9.69 Å². The summed E-state index contributed by atoms with van der Waals surface area (Å²) in [4.78, 5) is 13.0. The molecule has 0 atom stereocenters. The van der Waals surface area contributed by atoms with Crippen molar-refractivity contribution in [2.75, 3.05) is 24.1 Å². The number of hydrogen-bond acceptors (Lipinski definition) is 3. The molecule has 4 nitrogen and oxygen atoms in total. The normalized spacial score (nSPS) is 15.3. The average Bonchev–Trinajstić information content (AvgIpc) is 3.15. The molecule has 116 valence electrons. The van der Waals surface area contributed by atoms with Crippen molar-refractivity contribution >= 4 is 28.9 Å². The highest BCUT2D eigenvalue weighted by molar-refractivity contribution is 6.31. The standard InChI is InChI=1S/C13H15ClF3N3O/c14-8-1-4-10(18)11(5-8)19-12(21)6-20(9-2-3-9)7-13(15,16)17/h1,4-5,9H,2-3,6-7,18H2,(H,19,21). The van der Waals surface area contributed by atoms with Gasteiger partial charge in [-0.15, -0.1) is 0 Å². The largest absolute Gasteiger partial charge is 0.401 e. The van der Waals surface area contributed by atoms with Crippen molar-refractivity contribution in [2.45, 2.75) is 25.1 Å². The Morgan fingerprint density at radius 3 is 2.67 bits per heavy atom. The number of anilines is 2. The van der Waals surface area contributed by atoms with E-state index >= 15 is 0 Å². The summed E-state index contributed by atoms with van der Waals surface area (Å²) in [5.41, 5.74) is 6.28. The zero-order valence-electron chi connectivity index (χ0n) is 11.1. The maximum atomic E-state index is 12.5. The summed E-state index contributed by atoms with van der Waals surface area (Å²) in [5, 5.41) is 2.88. The molecule has 1 fully saturated rings. The highest BCUT2D eigenvalue weighted by atomic mass is 35.5. The van der Waals surface area contributed by atoms with Crippen LogP contribution < -0.4 is 11.1 Å². The van der Waals surface area contributed by atoms with E-state index in [1.165, 1.54) is 12.1 Å². The lowest BCUT2D eigenvalue weighted by Crippen LogP contribution is -2.41. The minimum atomic E-state index is -4.32. The van der Waals surface area contributed by atoms with Gasteiger partial charge in [-0.1, -0.05) is 11.6 Å². The number of hydrogen-bond donors (Lipinski definition) is 2. The van der Waals surface area contributed by atoms with E-state index in [2.05, 4.69) is 5.32 Å². The monoisotopic (exact) mass is 321 g/mol. The lowest BCUT2D eigenvalue weighted by molar-refractivity contribution is -0.149.